The van der Waals surface area contributed by atoms with Crippen LogP contribution in [-0.2, 0) is 6.42 Å². The van der Waals surface area contributed by atoms with Crippen molar-refractivity contribution in [2.75, 3.05) is 7.11 Å². The van der Waals surface area contributed by atoms with Gasteiger partial charge in [0.25, 0.3) is 0 Å². The number of aryl methyl sites for hydroxylation is 1. The Morgan fingerprint density at radius 1 is 0.700 bits per heavy atom. The van der Waals surface area contributed by atoms with Crippen molar-refractivity contribution in [2.45, 2.75) is 41.0 Å². The van der Waals surface area contributed by atoms with Crippen molar-refractivity contribution in [3.63, 3.8) is 0 Å². The second kappa shape index (κ2) is 11.1. The summed E-state index contributed by atoms with van der Waals surface area (Å²) in [5.41, 5.74) is 3.96. The lowest BCUT2D eigenvalue weighted by molar-refractivity contribution is 0.414. The summed E-state index contributed by atoms with van der Waals surface area (Å²) in [4.78, 5) is 0. The molecule has 0 aliphatic heterocycles. The number of hydrogen-bond acceptors (Lipinski definition) is 1. The molecule has 0 heterocycles. The maximum atomic E-state index is 5.14. The highest BCUT2D eigenvalue weighted by atomic mass is 16.5. The smallest absolute Gasteiger partial charge is 0.118 e. The van der Waals surface area contributed by atoms with E-state index in [1.807, 2.05) is 39.8 Å². The third-order valence-electron chi connectivity index (χ3n) is 2.69. The highest BCUT2D eigenvalue weighted by Gasteiger charge is 1.97. The lowest BCUT2D eigenvalue weighted by Gasteiger charge is -2.04. The zero-order valence-corrected chi connectivity index (χ0v) is 13.7. The molecule has 110 valence electrons. The molecule has 0 radical (unpaired) electrons. The number of benzene rings is 2. The van der Waals surface area contributed by atoms with Gasteiger partial charge in [0.15, 0.2) is 0 Å². The summed E-state index contributed by atoms with van der Waals surface area (Å²) in [6, 6.07) is 16.9. The van der Waals surface area contributed by atoms with Crippen LogP contribution in [-0.4, -0.2) is 7.11 Å². The number of ether oxygens (including phenoxy) is 1. The van der Waals surface area contributed by atoms with E-state index in [4.69, 9.17) is 4.74 Å². The van der Waals surface area contributed by atoms with Crippen molar-refractivity contribution >= 4 is 0 Å². The summed E-state index contributed by atoms with van der Waals surface area (Å²) in [6.07, 6.45) is 0.976. The second-order valence-electron chi connectivity index (χ2n) is 4.01. The van der Waals surface area contributed by atoms with Crippen LogP contribution in [0.5, 0.6) is 5.75 Å². The Bertz CT molecular complexity index is 440. The Hall–Kier alpha value is -1.76. The second-order valence-corrected chi connectivity index (χ2v) is 4.01. The van der Waals surface area contributed by atoms with Crippen LogP contribution < -0.4 is 4.74 Å². The van der Waals surface area contributed by atoms with Gasteiger partial charge in [0.05, 0.1) is 7.11 Å². The molecule has 20 heavy (non-hydrogen) atoms. The van der Waals surface area contributed by atoms with Crippen molar-refractivity contribution < 1.29 is 4.74 Å². The predicted molar refractivity (Wildman–Crippen MR) is 89.7 cm³/mol. The lowest BCUT2D eigenvalue weighted by Crippen LogP contribution is -1.89. The molecule has 0 aliphatic rings. The van der Waals surface area contributed by atoms with E-state index in [1.165, 1.54) is 16.7 Å². The van der Waals surface area contributed by atoms with Gasteiger partial charge in [0, 0.05) is 0 Å². The normalized spacial score (nSPS) is 8.70. The molecule has 0 saturated heterocycles. The molecule has 0 aliphatic carbocycles. The van der Waals surface area contributed by atoms with E-state index in [0.29, 0.717) is 0 Å². The minimum absolute atomic E-state index is 0.910. The molecule has 0 unspecified atom stereocenters. The first kappa shape index (κ1) is 18.2. The van der Waals surface area contributed by atoms with Crippen molar-refractivity contribution in [3.8, 4) is 5.75 Å². The molecule has 1 heteroatoms. The summed E-state index contributed by atoms with van der Waals surface area (Å²) < 4.78 is 5.14. The van der Waals surface area contributed by atoms with E-state index in [0.717, 1.165) is 12.2 Å². The Morgan fingerprint density at radius 2 is 1.10 bits per heavy atom. The predicted octanol–water partition coefficient (Wildman–Crippen LogP) is 5.65. The molecule has 2 rings (SSSR count). The van der Waals surface area contributed by atoms with Gasteiger partial charge in [-0.1, -0.05) is 69.7 Å². The van der Waals surface area contributed by atoms with Gasteiger partial charge >= 0.3 is 0 Å². The zero-order valence-electron chi connectivity index (χ0n) is 13.7. The first-order chi connectivity index (χ1) is 9.78. The quantitative estimate of drug-likeness (QED) is 0.702. The summed E-state index contributed by atoms with van der Waals surface area (Å²) in [5.74, 6) is 0.910. The summed E-state index contributed by atoms with van der Waals surface area (Å²) in [6.45, 7) is 10.1. The Morgan fingerprint density at radius 3 is 1.50 bits per heavy atom. The van der Waals surface area contributed by atoms with E-state index in [9.17, 15) is 0 Å². The van der Waals surface area contributed by atoms with Gasteiger partial charge in [0.1, 0.15) is 5.75 Å². The summed E-state index contributed by atoms with van der Waals surface area (Å²) >= 11 is 0. The highest BCUT2D eigenvalue weighted by molar-refractivity contribution is 5.32. The first-order valence-electron chi connectivity index (χ1n) is 7.46. The molecule has 0 fully saturated rings. The third kappa shape index (κ3) is 6.42. The van der Waals surface area contributed by atoms with Gasteiger partial charge in [-0.2, -0.15) is 0 Å². The van der Waals surface area contributed by atoms with Gasteiger partial charge in [-0.15, -0.1) is 0 Å². The average Bonchev–Trinajstić information content (AvgIpc) is 2.54. The average molecular weight is 272 g/mol. The molecular weight excluding hydrogens is 244 g/mol. The topological polar surface area (TPSA) is 9.23 Å². The molecule has 0 saturated carbocycles. The number of hydrogen-bond donors (Lipinski definition) is 0. The van der Waals surface area contributed by atoms with Crippen molar-refractivity contribution in [1.82, 2.24) is 0 Å². The Balaban J connectivity index is 0.000000829. The molecule has 0 amide bonds. The van der Waals surface area contributed by atoms with Gasteiger partial charge in [-0.05, 0) is 36.6 Å². The summed E-state index contributed by atoms with van der Waals surface area (Å²) in [5, 5.41) is 0. The molecular formula is C19H28O. The highest BCUT2D eigenvalue weighted by Crippen LogP contribution is 2.15. The van der Waals surface area contributed by atoms with Crippen LogP contribution >= 0.6 is 0 Å². The van der Waals surface area contributed by atoms with Crippen LogP contribution in [0.15, 0.2) is 48.5 Å². The first-order valence-corrected chi connectivity index (χ1v) is 7.46. The fourth-order valence-electron chi connectivity index (χ4n) is 1.69. The van der Waals surface area contributed by atoms with Crippen LogP contribution in [0.3, 0.4) is 0 Å². The van der Waals surface area contributed by atoms with Gasteiger partial charge in [-0.25, -0.2) is 0 Å². The molecule has 0 aromatic heterocycles. The Labute approximate surface area is 124 Å². The standard InChI is InChI=1S/C15H16O.2C2H6/c1-12-3-5-13(6-4-12)11-14-7-9-15(16-2)10-8-14;2*1-2/h3-10H,11H2,1-2H3;2*1-2H3. The van der Waals surface area contributed by atoms with Gasteiger partial charge in [0.2, 0.25) is 0 Å². The van der Waals surface area contributed by atoms with Crippen molar-refractivity contribution in [1.29, 1.82) is 0 Å². The van der Waals surface area contributed by atoms with Crippen molar-refractivity contribution in [3.05, 3.63) is 65.2 Å². The largest absolute Gasteiger partial charge is 0.497 e. The molecule has 0 bridgehead atoms. The molecule has 0 spiro atoms. The molecule has 0 atom stereocenters. The van der Waals surface area contributed by atoms with Crippen molar-refractivity contribution in [2.24, 2.45) is 0 Å². The third-order valence-corrected chi connectivity index (χ3v) is 2.69. The number of methoxy groups -OCH3 is 1. The molecule has 1 nitrogen and oxygen atoms in total. The summed E-state index contributed by atoms with van der Waals surface area (Å²) in [7, 11) is 1.69. The SMILES string of the molecule is CC.CC.COc1ccc(Cc2ccc(C)cc2)cc1. The van der Waals surface area contributed by atoms with Crippen LogP contribution in [0.1, 0.15) is 44.4 Å². The van der Waals surface area contributed by atoms with E-state index < -0.39 is 0 Å². The zero-order chi connectivity index (χ0) is 15.4. The molecule has 0 N–H and O–H groups in total. The molecule has 2 aromatic carbocycles. The molecule has 2 aromatic rings. The minimum Gasteiger partial charge on any atom is -0.497 e. The Kier molecular flexibility index (Phi) is 10.1. The van der Waals surface area contributed by atoms with E-state index in [2.05, 4.69) is 43.3 Å². The maximum Gasteiger partial charge on any atom is 0.118 e. The van der Waals surface area contributed by atoms with Gasteiger partial charge in [-0.3, -0.25) is 0 Å². The van der Waals surface area contributed by atoms with E-state index in [1.54, 1.807) is 7.11 Å². The fraction of sp³-hybridized carbons (Fsp3) is 0.368. The number of rotatable bonds is 3. The monoisotopic (exact) mass is 272 g/mol. The fourth-order valence-corrected chi connectivity index (χ4v) is 1.69. The van der Waals surface area contributed by atoms with Crippen LogP contribution in [0.25, 0.3) is 0 Å². The minimum atomic E-state index is 0.910. The van der Waals surface area contributed by atoms with E-state index in [-0.39, 0.29) is 0 Å². The van der Waals surface area contributed by atoms with Gasteiger partial charge < -0.3 is 4.74 Å². The van der Waals surface area contributed by atoms with Crippen LogP contribution in [0.2, 0.25) is 0 Å². The van der Waals surface area contributed by atoms with Crippen LogP contribution in [0.4, 0.5) is 0 Å². The lowest BCUT2D eigenvalue weighted by atomic mass is 10.0. The maximum absolute atomic E-state index is 5.14. The van der Waals surface area contributed by atoms with E-state index >= 15 is 0 Å². The van der Waals surface area contributed by atoms with Crippen LogP contribution in [0, 0.1) is 6.92 Å².